The highest BCUT2D eigenvalue weighted by Gasteiger charge is 2.29. The van der Waals surface area contributed by atoms with Crippen molar-refractivity contribution >= 4 is 11.9 Å². The van der Waals surface area contributed by atoms with Crippen molar-refractivity contribution < 1.29 is 4.79 Å². The van der Waals surface area contributed by atoms with E-state index in [4.69, 9.17) is 9.97 Å². The Labute approximate surface area is 198 Å². The number of piperazine rings is 1. The number of aromatic nitrogens is 2. The largest absolute Gasteiger partial charge is 0.338 e. The van der Waals surface area contributed by atoms with Gasteiger partial charge in [-0.1, -0.05) is 39.3 Å². The maximum atomic E-state index is 13.2. The molecule has 1 aromatic carbocycles. The third-order valence-corrected chi connectivity index (χ3v) is 7.68. The van der Waals surface area contributed by atoms with Gasteiger partial charge in [0.05, 0.1) is 5.69 Å². The first-order chi connectivity index (χ1) is 15.9. The minimum absolute atomic E-state index is 0.0893. The molecule has 5 rings (SSSR count). The summed E-state index contributed by atoms with van der Waals surface area (Å²) < 4.78 is 0. The summed E-state index contributed by atoms with van der Waals surface area (Å²) >= 11 is 0. The van der Waals surface area contributed by atoms with E-state index in [9.17, 15) is 4.79 Å². The number of amides is 1. The molecule has 6 nitrogen and oxygen atoms in total. The quantitative estimate of drug-likeness (QED) is 0.718. The van der Waals surface area contributed by atoms with Crippen molar-refractivity contribution in [3.63, 3.8) is 0 Å². The average molecular weight is 448 g/mol. The number of carbonyl (C=O) groups is 1. The van der Waals surface area contributed by atoms with E-state index in [0.717, 1.165) is 68.8 Å². The van der Waals surface area contributed by atoms with Crippen LogP contribution in [0.4, 0.5) is 5.95 Å². The highest BCUT2D eigenvalue weighted by Crippen LogP contribution is 2.27. The van der Waals surface area contributed by atoms with Crippen LogP contribution in [0.5, 0.6) is 0 Å². The Morgan fingerprint density at radius 2 is 1.64 bits per heavy atom. The topological polar surface area (TPSA) is 52.6 Å². The molecule has 1 aliphatic carbocycles. The smallest absolute Gasteiger partial charge is 0.253 e. The number of benzene rings is 1. The molecule has 3 aliphatic rings. The molecule has 0 atom stereocenters. The molecule has 1 saturated carbocycles. The SMILES string of the molecule is CC(C)(C)c1ccc(C(=O)N2CCc3cnc(N4CCN(C5CCC5)CC4)nc3CC2)cc1. The molecule has 1 saturated heterocycles. The fourth-order valence-electron chi connectivity index (χ4n) is 5.15. The molecule has 0 N–H and O–H groups in total. The minimum Gasteiger partial charge on any atom is -0.338 e. The molecule has 1 aromatic heterocycles. The second-order valence-electron chi connectivity index (χ2n) is 10.9. The summed E-state index contributed by atoms with van der Waals surface area (Å²) in [5.74, 6) is 0.975. The summed E-state index contributed by atoms with van der Waals surface area (Å²) in [6, 6.07) is 8.93. The molecule has 0 radical (unpaired) electrons. The Morgan fingerprint density at radius 1 is 0.939 bits per heavy atom. The predicted octanol–water partition coefficient (Wildman–Crippen LogP) is 3.69. The summed E-state index contributed by atoms with van der Waals surface area (Å²) in [7, 11) is 0. The Hall–Kier alpha value is -2.47. The van der Waals surface area contributed by atoms with E-state index >= 15 is 0 Å². The Bertz CT molecular complexity index is 985. The van der Waals surface area contributed by atoms with Gasteiger partial charge in [-0.05, 0) is 47.9 Å². The van der Waals surface area contributed by atoms with Crippen molar-refractivity contribution in [2.24, 2.45) is 0 Å². The molecular formula is C27H37N5O. The van der Waals surface area contributed by atoms with Gasteiger partial charge in [0.15, 0.2) is 0 Å². The molecule has 6 heteroatoms. The van der Waals surface area contributed by atoms with Crippen LogP contribution in [0, 0.1) is 0 Å². The third-order valence-electron chi connectivity index (χ3n) is 7.68. The highest BCUT2D eigenvalue weighted by molar-refractivity contribution is 5.94. The summed E-state index contributed by atoms with van der Waals surface area (Å²) in [6.45, 7) is 12.2. The lowest BCUT2D eigenvalue weighted by molar-refractivity contribution is 0.0763. The van der Waals surface area contributed by atoms with Crippen LogP contribution in [0.2, 0.25) is 0 Å². The van der Waals surface area contributed by atoms with Gasteiger partial charge in [0.25, 0.3) is 5.91 Å². The molecular weight excluding hydrogens is 410 g/mol. The van der Waals surface area contributed by atoms with E-state index in [1.165, 1.54) is 30.4 Å². The van der Waals surface area contributed by atoms with Gasteiger partial charge in [-0.3, -0.25) is 9.69 Å². The van der Waals surface area contributed by atoms with E-state index < -0.39 is 0 Å². The zero-order chi connectivity index (χ0) is 23.0. The van der Waals surface area contributed by atoms with E-state index in [0.29, 0.717) is 6.54 Å². The lowest BCUT2D eigenvalue weighted by atomic mass is 9.86. The van der Waals surface area contributed by atoms with E-state index in [1.54, 1.807) is 0 Å². The van der Waals surface area contributed by atoms with Crippen LogP contribution in [0.15, 0.2) is 30.5 Å². The summed E-state index contributed by atoms with van der Waals surface area (Å²) in [4.78, 5) is 29.8. The lowest BCUT2D eigenvalue weighted by Gasteiger charge is -2.43. The van der Waals surface area contributed by atoms with Crippen LogP contribution < -0.4 is 4.90 Å². The Morgan fingerprint density at radius 3 is 2.27 bits per heavy atom. The molecule has 0 unspecified atom stereocenters. The van der Waals surface area contributed by atoms with Gasteiger partial charge in [-0.15, -0.1) is 0 Å². The van der Waals surface area contributed by atoms with Gasteiger partial charge in [-0.2, -0.15) is 0 Å². The first-order valence-electron chi connectivity index (χ1n) is 12.6. The maximum absolute atomic E-state index is 13.2. The fourth-order valence-corrected chi connectivity index (χ4v) is 5.15. The number of hydrogen-bond donors (Lipinski definition) is 0. The molecule has 2 aromatic rings. The molecule has 0 bridgehead atoms. The van der Waals surface area contributed by atoms with E-state index in [-0.39, 0.29) is 11.3 Å². The van der Waals surface area contributed by atoms with Gasteiger partial charge >= 0.3 is 0 Å². The van der Waals surface area contributed by atoms with Crippen LogP contribution in [-0.2, 0) is 18.3 Å². The van der Waals surface area contributed by atoms with E-state index in [2.05, 4.69) is 42.7 Å². The van der Waals surface area contributed by atoms with Gasteiger partial charge < -0.3 is 9.80 Å². The van der Waals surface area contributed by atoms with Gasteiger partial charge in [0, 0.05) is 63.5 Å². The minimum atomic E-state index is 0.0893. The number of carbonyl (C=O) groups excluding carboxylic acids is 1. The predicted molar refractivity (Wildman–Crippen MR) is 132 cm³/mol. The zero-order valence-electron chi connectivity index (χ0n) is 20.4. The van der Waals surface area contributed by atoms with Crippen LogP contribution in [0.25, 0.3) is 0 Å². The third kappa shape index (κ3) is 4.77. The van der Waals surface area contributed by atoms with Crippen LogP contribution in [0.3, 0.4) is 0 Å². The number of hydrogen-bond acceptors (Lipinski definition) is 5. The molecule has 176 valence electrons. The monoisotopic (exact) mass is 447 g/mol. The standard InChI is InChI=1S/C27H37N5O/c1-27(2,3)22-9-7-20(8-10-22)25(33)31-13-11-21-19-28-26(29-24(21)12-14-31)32-17-15-30(16-18-32)23-5-4-6-23/h7-10,19,23H,4-6,11-18H2,1-3H3. The van der Waals surface area contributed by atoms with Crippen molar-refractivity contribution in [3.8, 4) is 0 Å². The van der Waals surface area contributed by atoms with Crippen molar-refractivity contribution in [1.82, 2.24) is 19.8 Å². The second-order valence-corrected chi connectivity index (χ2v) is 10.9. The average Bonchev–Trinajstić information content (AvgIpc) is 3.00. The Balaban J connectivity index is 1.22. The first kappa shape index (κ1) is 22.3. The zero-order valence-corrected chi connectivity index (χ0v) is 20.4. The number of rotatable bonds is 3. The fraction of sp³-hybridized carbons (Fsp3) is 0.593. The van der Waals surface area contributed by atoms with Crippen molar-refractivity contribution in [1.29, 1.82) is 0 Å². The van der Waals surface area contributed by atoms with Gasteiger partial charge in [0.1, 0.15) is 0 Å². The maximum Gasteiger partial charge on any atom is 0.253 e. The van der Waals surface area contributed by atoms with Crippen LogP contribution in [-0.4, -0.2) is 71.0 Å². The summed E-state index contributed by atoms with van der Waals surface area (Å²) in [6.07, 6.45) is 7.73. The molecule has 2 aliphatic heterocycles. The molecule has 33 heavy (non-hydrogen) atoms. The van der Waals surface area contributed by atoms with Gasteiger partial charge in [-0.25, -0.2) is 9.97 Å². The summed E-state index contributed by atoms with van der Waals surface area (Å²) in [5.41, 5.74) is 4.40. The molecule has 3 heterocycles. The van der Waals surface area contributed by atoms with Crippen LogP contribution in [0.1, 0.15) is 67.2 Å². The van der Waals surface area contributed by atoms with Crippen molar-refractivity contribution in [2.75, 3.05) is 44.2 Å². The highest BCUT2D eigenvalue weighted by atomic mass is 16.2. The van der Waals surface area contributed by atoms with Crippen LogP contribution >= 0.6 is 0 Å². The number of fused-ring (bicyclic) bond motifs is 1. The lowest BCUT2D eigenvalue weighted by Crippen LogP contribution is -2.52. The van der Waals surface area contributed by atoms with Gasteiger partial charge in [0.2, 0.25) is 5.95 Å². The molecule has 0 spiro atoms. The summed E-state index contributed by atoms with van der Waals surface area (Å²) in [5, 5.41) is 0. The second kappa shape index (κ2) is 9.05. The number of anilines is 1. The van der Waals surface area contributed by atoms with Crippen molar-refractivity contribution in [2.45, 2.75) is 64.3 Å². The van der Waals surface area contributed by atoms with E-state index in [1.807, 2.05) is 23.2 Å². The normalized spacial score (nSPS) is 20.2. The molecule has 2 fully saturated rings. The molecule has 1 amide bonds. The number of nitrogens with zero attached hydrogens (tertiary/aromatic N) is 5. The van der Waals surface area contributed by atoms with Crippen molar-refractivity contribution in [3.05, 3.63) is 52.8 Å². The first-order valence-corrected chi connectivity index (χ1v) is 12.6. The Kier molecular flexibility index (Phi) is 6.12.